The molecule has 2 unspecified atom stereocenters. The van der Waals surface area contributed by atoms with E-state index >= 15 is 0 Å². The molecule has 0 amide bonds. The van der Waals surface area contributed by atoms with Gasteiger partial charge in [0.1, 0.15) is 6.04 Å². The molecule has 1 aliphatic heterocycles. The highest BCUT2D eigenvalue weighted by atomic mass is 32.2. The van der Waals surface area contributed by atoms with E-state index in [1.807, 2.05) is 6.07 Å². The first-order valence-corrected chi connectivity index (χ1v) is 8.13. The summed E-state index contributed by atoms with van der Waals surface area (Å²) in [4.78, 5) is 11.2. The van der Waals surface area contributed by atoms with E-state index in [1.165, 1.54) is 4.31 Å². The number of nitriles is 1. The van der Waals surface area contributed by atoms with Gasteiger partial charge in [0.15, 0.2) is 0 Å². The fourth-order valence-corrected chi connectivity index (χ4v) is 4.22. The Bertz CT molecular complexity index is 485. The predicted octanol–water partition coefficient (Wildman–Crippen LogP) is 0.652. The Morgan fingerprint density at radius 2 is 2.20 bits per heavy atom. The zero-order valence-corrected chi connectivity index (χ0v) is 12.6. The van der Waals surface area contributed by atoms with Gasteiger partial charge < -0.3 is 5.11 Å². The first-order chi connectivity index (χ1) is 9.34. The predicted molar refractivity (Wildman–Crippen MR) is 72.9 cm³/mol. The van der Waals surface area contributed by atoms with Crippen LogP contribution in [0.5, 0.6) is 0 Å². The second-order valence-corrected chi connectivity index (χ2v) is 6.83. The number of rotatable bonds is 6. The molecule has 7 nitrogen and oxygen atoms in total. The minimum atomic E-state index is -3.84. The summed E-state index contributed by atoms with van der Waals surface area (Å²) < 4.78 is 27.4. The number of hydrogen-bond donors (Lipinski definition) is 1. The summed E-state index contributed by atoms with van der Waals surface area (Å²) >= 11 is 0. The van der Waals surface area contributed by atoms with Gasteiger partial charge in [0.05, 0.1) is 12.0 Å². The third-order valence-corrected chi connectivity index (χ3v) is 5.50. The Labute approximate surface area is 120 Å². The molecule has 1 N–H and O–H groups in total. The zero-order valence-electron chi connectivity index (χ0n) is 11.8. The van der Waals surface area contributed by atoms with Crippen LogP contribution in [0.4, 0.5) is 0 Å². The van der Waals surface area contributed by atoms with Crippen LogP contribution in [0.2, 0.25) is 0 Å². The van der Waals surface area contributed by atoms with Crippen molar-refractivity contribution in [3.8, 4) is 6.07 Å². The van der Waals surface area contributed by atoms with Gasteiger partial charge in [0.25, 0.3) is 10.2 Å². The Hall–Kier alpha value is -1.17. The standard InChI is InChI=1S/C12H21N3O4S/c1-3-14(9-10(2)8-13)20(18,19)15-7-5-4-6-11(15)12(16)17/h10-11H,3-7,9H2,1-2H3,(H,16,17). The van der Waals surface area contributed by atoms with Crippen molar-refractivity contribution < 1.29 is 18.3 Å². The number of carboxylic acids is 1. The van der Waals surface area contributed by atoms with Crippen LogP contribution in [-0.4, -0.2) is 53.8 Å². The van der Waals surface area contributed by atoms with Gasteiger partial charge in [-0.1, -0.05) is 6.92 Å². The quantitative estimate of drug-likeness (QED) is 0.776. The van der Waals surface area contributed by atoms with Crippen LogP contribution in [-0.2, 0) is 15.0 Å². The van der Waals surface area contributed by atoms with Crippen LogP contribution in [0.3, 0.4) is 0 Å². The van der Waals surface area contributed by atoms with Crippen LogP contribution in [0.25, 0.3) is 0 Å². The smallest absolute Gasteiger partial charge is 0.322 e. The molecule has 114 valence electrons. The molecule has 0 aromatic rings. The summed E-state index contributed by atoms with van der Waals surface area (Å²) in [6.45, 7) is 3.84. The topological polar surface area (TPSA) is 102 Å². The minimum absolute atomic E-state index is 0.0815. The van der Waals surface area contributed by atoms with Gasteiger partial charge in [-0.2, -0.15) is 22.3 Å². The normalized spacial score (nSPS) is 22.4. The van der Waals surface area contributed by atoms with Crippen LogP contribution in [0, 0.1) is 17.2 Å². The first-order valence-electron chi connectivity index (χ1n) is 6.74. The van der Waals surface area contributed by atoms with Gasteiger partial charge in [-0.3, -0.25) is 4.79 Å². The Balaban J connectivity index is 2.99. The van der Waals surface area contributed by atoms with Crippen molar-refractivity contribution in [2.45, 2.75) is 39.2 Å². The van der Waals surface area contributed by atoms with Gasteiger partial charge >= 0.3 is 5.97 Å². The fourth-order valence-electron chi connectivity index (χ4n) is 2.31. The largest absolute Gasteiger partial charge is 0.480 e. The van der Waals surface area contributed by atoms with Crippen molar-refractivity contribution in [1.29, 1.82) is 5.26 Å². The van der Waals surface area contributed by atoms with Gasteiger partial charge in [-0.25, -0.2) is 0 Å². The molecule has 1 aliphatic rings. The van der Waals surface area contributed by atoms with E-state index in [2.05, 4.69) is 0 Å². The maximum atomic E-state index is 12.6. The van der Waals surface area contributed by atoms with Crippen molar-refractivity contribution in [3.05, 3.63) is 0 Å². The van der Waals surface area contributed by atoms with Gasteiger partial charge in [-0.05, 0) is 26.2 Å². The SMILES string of the molecule is CCN(CC(C)C#N)S(=O)(=O)N1CCCCC1C(=O)O. The molecule has 20 heavy (non-hydrogen) atoms. The fraction of sp³-hybridized carbons (Fsp3) is 0.833. The Kier molecular flexibility index (Phi) is 5.92. The molecule has 0 saturated carbocycles. The third-order valence-electron chi connectivity index (χ3n) is 3.41. The second kappa shape index (κ2) is 7.02. The molecule has 0 bridgehead atoms. The number of carboxylic acid groups (broad SMARTS) is 1. The molecule has 1 fully saturated rings. The van der Waals surface area contributed by atoms with Gasteiger partial charge in [0.2, 0.25) is 0 Å². The molecule has 1 saturated heterocycles. The first kappa shape index (κ1) is 16.9. The summed E-state index contributed by atoms with van der Waals surface area (Å²) in [7, 11) is -3.84. The molecular formula is C12H21N3O4S. The van der Waals surface area contributed by atoms with Crippen molar-refractivity contribution >= 4 is 16.2 Å². The molecule has 0 aromatic heterocycles. The number of nitrogens with zero attached hydrogens (tertiary/aromatic N) is 3. The highest BCUT2D eigenvalue weighted by Gasteiger charge is 2.39. The van der Waals surface area contributed by atoms with Crippen LogP contribution >= 0.6 is 0 Å². The van der Waals surface area contributed by atoms with Crippen molar-refractivity contribution in [3.63, 3.8) is 0 Å². The van der Waals surface area contributed by atoms with Gasteiger partial charge in [0, 0.05) is 19.6 Å². The van der Waals surface area contributed by atoms with Crippen LogP contribution in [0.15, 0.2) is 0 Å². The van der Waals surface area contributed by atoms with E-state index in [0.29, 0.717) is 19.3 Å². The summed E-state index contributed by atoms with van der Waals surface area (Å²) in [6, 6.07) is 0.998. The lowest BCUT2D eigenvalue weighted by atomic mass is 10.1. The lowest BCUT2D eigenvalue weighted by Crippen LogP contribution is -2.53. The van der Waals surface area contributed by atoms with E-state index in [-0.39, 0.29) is 19.6 Å². The molecule has 0 radical (unpaired) electrons. The Morgan fingerprint density at radius 1 is 1.55 bits per heavy atom. The number of hydrogen-bond acceptors (Lipinski definition) is 4. The van der Waals surface area contributed by atoms with Crippen LogP contribution in [0.1, 0.15) is 33.1 Å². The molecule has 2 atom stereocenters. The van der Waals surface area contributed by atoms with E-state index in [4.69, 9.17) is 5.26 Å². The third kappa shape index (κ3) is 3.69. The summed E-state index contributed by atoms with van der Waals surface area (Å²) in [5, 5.41) is 18.0. The Morgan fingerprint density at radius 3 is 2.70 bits per heavy atom. The average Bonchev–Trinajstić information content (AvgIpc) is 2.44. The van der Waals surface area contributed by atoms with E-state index in [0.717, 1.165) is 4.31 Å². The molecule has 0 spiro atoms. The van der Waals surface area contributed by atoms with Crippen molar-refractivity contribution in [2.24, 2.45) is 5.92 Å². The number of piperidine rings is 1. The van der Waals surface area contributed by atoms with Crippen molar-refractivity contribution in [1.82, 2.24) is 8.61 Å². The van der Waals surface area contributed by atoms with E-state index < -0.39 is 28.1 Å². The highest BCUT2D eigenvalue weighted by molar-refractivity contribution is 7.86. The molecule has 8 heteroatoms. The second-order valence-electron chi connectivity index (χ2n) is 4.95. The van der Waals surface area contributed by atoms with Crippen molar-refractivity contribution in [2.75, 3.05) is 19.6 Å². The monoisotopic (exact) mass is 303 g/mol. The lowest BCUT2D eigenvalue weighted by Gasteiger charge is -2.35. The summed E-state index contributed by atoms with van der Waals surface area (Å²) in [6.07, 6.45) is 1.71. The van der Waals surface area contributed by atoms with E-state index in [9.17, 15) is 18.3 Å². The maximum Gasteiger partial charge on any atom is 0.322 e. The molecular weight excluding hydrogens is 282 g/mol. The summed E-state index contributed by atoms with van der Waals surface area (Å²) in [5.74, 6) is -1.55. The molecule has 1 rings (SSSR count). The summed E-state index contributed by atoms with van der Waals surface area (Å²) in [5.41, 5.74) is 0. The number of aliphatic carboxylic acids is 1. The van der Waals surface area contributed by atoms with Gasteiger partial charge in [-0.15, -0.1) is 0 Å². The van der Waals surface area contributed by atoms with Crippen LogP contribution < -0.4 is 0 Å². The molecule has 1 heterocycles. The number of carbonyl (C=O) groups is 1. The maximum absolute atomic E-state index is 12.6. The minimum Gasteiger partial charge on any atom is -0.480 e. The molecule has 0 aliphatic carbocycles. The van der Waals surface area contributed by atoms with E-state index in [1.54, 1.807) is 13.8 Å². The highest BCUT2D eigenvalue weighted by Crippen LogP contribution is 2.23. The average molecular weight is 303 g/mol. The zero-order chi connectivity index (χ0) is 15.3. The molecule has 0 aromatic carbocycles. The lowest BCUT2D eigenvalue weighted by molar-refractivity contribution is -0.142.